The van der Waals surface area contributed by atoms with E-state index in [9.17, 15) is 0 Å². The van der Waals surface area contributed by atoms with E-state index in [4.69, 9.17) is 5.26 Å². The standard InChI is InChI=1S/C8H11NO2.H2/c10-11-7-6-9-8-4-2-1-3-5-8;/h1-5,9-10H,6-7H2;1H. The van der Waals surface area contributed by atoms with Crippen LogP contribution in [0, 0.1) is 0 Å². The van der Waals surface area contributed by atoms with Crippen LogP contribution in [0.15, 0.2) is 30.3 Å². The Balaban J connectivity index is 0.00000121. The molecule has 0 atom stereocenters. The zero-order chi connectivity index (χ0) is 7.94. The highest BCUT2D eigenvalue weighted by atomic mass is 17.1. The molecule has 1 aromatic rings. The van der Waals surface area contributed by atoms with Gasteiger partial charge in [0.05, 0.1) is 6.61 Å². The molecule has 0 aliphatic carbocycles. The van der Waals surface area contributed by atoms with Crippen molar-refractivity contribution >= 4 is 5.69 Å². The summed E-state index contributed by atoms with van der Waals surface area (Å²) in [6.07, 6.45) is 0. The smallest absolute Gasteiger partial charge is 0.0992 e. The SMILES string of the molecule is OOCCNc1ccccc1.[HH]. The minimum atomic E-state index is 0. The average Bonchev–Trinajstić information content (AvgIpc) is 2.07. The van der Waals surface area contributed by atoms with Crippen molar-refractivity contribution in [2.45, 2.75) is 0 Å². The lowest BCUT2D eigenvalue weighted by Crippen LogP contribution is -2.07. The molecule has 1 rings (SSSR count). The van der Waals surface area contributed by atoms with Crippen LogP contribution in [0.2, 0.25) is 0 Å². The van der Waals surface area contributed by atoms with Crippen LogP contribution < -0.4 is 5.32 Å². The van der Waals surface area contributed by atoms with Gasteiger partial charge in [0.15, 0.2) is 0 Å². The molecule has 0 fully saturated rings. The zero-order valence-electron chi connectivity index (χ0n) is 6.16. The van der Waals surface area contributed by atoms with Gasteiger partial charge < -0.3 is 5.32 Å². The lowest BCUT2D eigenvalue weighted by atomic mass is 10.3. The van der Waals surface area contributed by atoms with Gasteiger partial charge in [-0.3, -0.25) is 5.26 Å². The molecule has 0 amide bonds. The third-order valence-corrected chi connectivity index (χ3v) is 1.30. The first-order valence-corrected chi connectivity index (χ1v) is 3.49. The van der Waals surface area contributed by atoms with E-state index in [2.05, 4.69) is 10.2 Å². The summed E-state index contributed by atoms with van der Waals surface area (Å²) in [4.78, 5) is 3.90. The van der Waals surface area contributed by atoms with Crippen molar-refractivity contribution in [1.29, 1.82) is 0 Å². The predicted octanol–water partition coefficient (Wildman–Crippen LogP) is 1.83. The first-order valence-electron chi connectivity index (χ1n) is 3.49. The van der Waals surface area contributed by atoms with Crippen molar-refractivity contribution in [2.24, 2.45) is 0 Å². The number of hydrogen-bond acceptors (Lipinski definition) is 3. The van der Waals surface area contributed by atoms with Gasteiger partial charge in [0.1, 0.15) is 0 Å². The summed E-state index contributed by atoms with van der Waals surface area (Å²) >= 11 is 0. The Morgan fingerprint density at radius 3 is 2.73 bits per heavy atom. The van der Waals surface area contributed by atoms with Crippen LogP contribution in [0.25, 0.3) is 0 Å². The number of anilines is 1. The van der Waals surface area contributed by atoms with Gasteiger partial charge in [-0.05, 0) is 12.1 Å². The van der Waals surface area contributed by atoms with Gasteiger partial charge in [0.2, 0.25) is 0 Å². The van der Waals surface area contributed by atoms with Gasteiger partial charge in [0, 0.05) is 13.7 Å². The quantitative estimate of drug-likeness (QED) is 0.396. The Hall–Kier alpha value is -1.06. The molecule has 0 heterocycles. The zero-order valence-corrected chi connectivity index (χ0v) is 6.16. The summed E-state index contributed by atoms with van der Waals surface area (Å²) in [5.41, 5.74) is 1.03. The first-order chi connectivity index (χ1) is 5.43. The second kappa shape index (κ2) is 4.71. The minimum absolute atomic E-state index is 0. The molecular weight excluding hydrogens is 142 g/mol. The van der Waals surface area contributed by atoms with Crippen LogP contribution in [0.1, 0.15) is 1.43 Å². The Morgan fingerprint density at radius 1 is 1.36 bits per heavy atom. The highest BCUT2D eigenvalue weighted by molar-refractivity contribution is 5.42. The van der Waals surface area contributed by atoms with E-state index >= 15 is 0 Å². The largest absolute Gasteiger partial charge is 0.383 e. The molecule has 11 heavy (non-hydrogen) atoms. The average molecular weight is 155 g/mol. The molecule has 62 valence electrons. The van der Waals surface area contributed by atoms with E-state index in [0.29, 0.717) is 13.2 Å². The molecule has 0 spiro atoms. The third kappa shape index (κ3) is 3.02. The van der Waals surface area contributed by atoms with E-state index < -0.39 is 0 Å². The summed E-state index contributed by atoms with van der Waals surface area (Å²) < 4.78 is 0. The molecule has 0 aromatic heterocycles. The monoisotopic (exact) mass is 155 g/mol. The van der Waals surface area contributed by atoms with E-state index in [1.807, 2.05) is 30.3 Å². The highest BCUT2D eigenvalue weighted by Gasteiger charge is 1.87. The maximum absolute atomic E-state index is 8.00. The molecule has 0 aliphatic heterocycles. The fraction of sp³-hybridized carbons (Fsp3) is 0.250. The number of hydrogen-bond donors (Lipinski definition) is 2. The van der Waals surface area contributed by atoms with Crippen LogP contribution in [0.4, 0.5) is 5.69 Å². The van der Waals surface area contributed by atoms with Crippen LogP contribution in [0.3, 0.4) is 0 Å². The Morgan fingerprint density at radius 2 is 2.09 bits per heavy atom. The summed E-state index contributed by atoms with van der Waals surface area (Å²) in [5, 5.41) is 11.1. The lowest BCUT2D eigenvalue weighted by molar-refractivity contribution is -0.238. The molecular formula is C8H13NO2. The van der Waals surface area contributed by atoms with Gasteiger partial charge >= 0.3 is 0 Å². The molecule has 0 saturated carbocycles. The molecule has 3 heteroatoms. The Labute approximate surface area is 67.0 Å². The molecule has 3 nitrogen and oxygen atoms in total. The second-order valence-corrected chi connectivity index (χ2v) is 2.13. The first kappa shape index (κ1) is 8.04. The van der Waals surface area contributed by atoms with Crippen molar-refractivity contribution in [2.75, 3.05) is 18.5 Å². The van der Waals surface area contributed by atoms with Crippen LogP contribution in [0.5, 0.6) is 0 Å². The van der Waals surface area contributed by atoms with Gasteiger partial charge in [0.25, 0.3) is 0 Å². The lowest BCUT2D eigenvalue weighted by Gasteiger charge is -2.02. The highest BCUT2D eigenvalue weighted by Crippen LogP contribution is 2.03. The van der Waals surface area contributed by atoms with E-state index in [0.717, 1.165) is 5.69 Å². The Kier molecular flexibility index (Phi) is 3.44. The van der Waals surface area contributed by atoms with Crippen molar-refractivity contribution < 1.29 is 11.6 Å². The fourth-order valence-corrected chi connectivity index (χ4v) is 0.797. The molecule has 0 aliphatic rings. The van der Waals surface area contributed by atoms with Crippen LogP contribution in [-0.4, -0.2) is 18.4 Å². The van der Waals surface area contributed by atoms with Gasteiger partial charge in [-0.15, -0.1) is 0 Å². The normalized spacial score (nSPS) is 9.55. The van der Waals surface area contributed by atoms with Gasteiger partial charge in [-0.2, -0.15) is 0 Å². The van der Waals surface area contributed by atoms with Gasteiger partial charge in [-0.25, -0.2) is 4.89 Å². The third-order valence-electron chi connectivity index (χ3n) is 1.30. The maximum atomic E-state index is 8.00. The number of para-hydroxylation sites is 1. The number of benzene rings is 1. The summed E-state index contributed by atoms with van der Waals surface area (Å²) in [7, 11) is 0. The number of rotatable bonds is 4. The second-order valence-electron chi connectivity index (χ2n) is 2.13. The molecule has 0 radical (unpaired) electrons. The molecule has 0 unspecified atom stereocenters. The molecule has 2 N–H and O–H groups in total. The maximum Gasteiger partial charge on any atom is 0.0992 e. The Bertz CT molecular complexity index is 194. The molecule has 0 saturated heterocycles. The van der Waals surface area contributed by atoms with E-state index in [1.165, 1.54) is 0 Å². The van der Waals surface area contributed by atoms with Crippen molar-refractivity contribution in [3.05, 3.63) is 30.3 Å². The molecule has 0 bridgehead atoms. The summed E-state index contributed by atoms with van der Waals surface area (Å²) in [6, 6.07) is 9.76. The van der Waals surface area contributed by atoms with Crippen molar-refractivity contribution in [3.8, 4) is 0 Å². The number of nitrogens with one attached hydrogen (secondary N) is 1. The van der Waals surface area contributed by atoms with Crippen molar-refractivity contribution in [1.82, 2.24) is 0 Å². The topological polar surface area (TPSA) is 41.5 Å². The van der Waals surface area contributed by atoms with Crippen LogP contribution in [-0.2, 0) is 4.89 Å². The predicted molar refractivity (Wildman–Crippen MR) is 45.6 cm³/mol. The van der Waals surface area contributed by atoms with E-state index in [-0.39, 0.29) is 1.43 Å². The minimum Gasteiger partial charge on any atom is -0.383 e. The molecule has 1 aromatic carbocycles. The van der Waals surface area contributed by atoms with Gasteiger partial charge in [-0.1, -0.05) is 18.2 Å². The van der Waals surface area contributed by atoms with E-state index in [1.54, 1.807) is 0 Å². The van der Waals surface area contributed by atoms with Crippen LogP contribution >= 0.6 is 0 Å². The summed E-state index contributed by atoms with van der Waals surface area (Å²) in [5.74, 6) is 0. The van der Waals surface area contributed by atoms with Crippen molar-refractivity contribution in [3.63, 3.8) is 0 Å². The fourth-order valence-electron chi connectivity index (χ4n) is 0.797. The summed E-state index contributed by atoms with van der Waals surface area (Å²) in [6.45, 7) is 0.912.